The molecule has 0 fully saturated rings. The predicted octanol–water partition coefficient (Wildman–Crippen LogP) is 2.45. The van der Waals surface area contributed by atoms with Crippen molar-refractivity contribution in [3.63, 3.8) is 0 Å². The van der Waals surface area contributed by atoms with Gasteiger partial charge in [-0.15, -0.1) is 0 Å². The summed E-state index contributed by atoms with van der Waals surface area (Å²) in [6.07, 6.45) is 5.44. The third-order valence-electron chi connectivity index (χ3n) is 3.47. The van der Waals surface area contributed by atoms with Crippen LogP contribution in [0, 0.1) is 12.8 Å². The average molecular weight is 332 g/mol. The zero-order chi connectivity index (χ0) is 18.1. The molecular weight excluding hydrogens is 304 g/mol. The van der Waals surface area contributed by atoms with Gasteiger partial charge in [-0.3, -0.25) is 9.78 Å². The maximum Gasteiger partial charge on any atom is 0.222 e. The highest BCUT2D eigenvalue weighted by Gasteiger charge is 2.03. The van der Waals surface area contributed by atoms with Crippen LogP contribution >= 0.6 is 0 Å². The first-order valence-electron chi connectivity index (χ1n) is 8.23. The second kappa shape index (κ2) is 9.64. The summed E-state index contributed by atoms with van der Waals surface area (Å²) in [5, 5.41) is 2.82. The Morgan fingerprint density at radius 2 is 2.04 bits per heavy atom. The number of nitrogens with zero attached hydrogens (tertiary/aromatic N) is 3. The van der Waals surface area contributed by atoms with Gasteiger partial charge < -0.3 is 16.8 Å². The first-order valence-corrected chi connectivity index (χ1v) is 8.23. The molecule has 2 aromatic heterocycles. The molecule has 5 N–H and O–H groups in total. The largest absolute Gasteiger partial charge is 0.382 e. The van der Waals surface area contributed by atoms with Gasteiger partial charge in [-0.1, -0.05) is 26.7 Å². The Bertz CT molecular complexity index is 668. The molecule has 2 heterocycles. The third kappa shape index (κ3) is 6.76. The highest BCUT2D eigenvalue weighted by atomic mass is 16.1. The molecule has 0 saturated heterocycles. The number of carbonyl (C=O) groups excluding carboxylic acids is 1. The number of rotatable bonds is 5. The summed E-state index contributed by atoms with van der Waals surface area (Å²) in [7, 11) is 0. The predicted molar refractivity (Wildman–Crippen MR) is 98.3 cm³/mol. The van der Waals surface area contributed by atoms with Gasteiger partial charge in [-0.25, -0.2) is 4.98 Å². The average Bonchev–Trinajstić information content (AvgIpc) is 2.50. The lowest BCUT2D eigenvalue weighted by Gasteiger charge is -2.10. The van der Waals surface area contributed by atoms with Crippen molar-refractivity contribution in [3.05, 3.63) is 17.8 Å². The number of unbranched alkanes of at least 4 members (excludes halogenated alkanes) is 1. The number of aromatic nitrogens is 3. The number of hydrogen-bond donors (Lipinski definition) is 3. The van der Waals surface area contributed by atoms with E-state index >= 15 is 0 Å². The molecule has 1 amide bonds. The Labute approximate surface area is 143 Å². The minimum absolute atomic E-state index is 0.0772. The Morgan fingerprint density at radius 1 is 1.33 bits per heavy atom. The summed E-state index contributed by atoms with van der Waals surface area (Å²) in [5.74, 6) is 1.20. The molecule has 0 spiro atoms. The number of aryl methyl sites for hydroxylation is 1. The van der Waals surface area contributed by atoms with E-state index in [0.717, 1.165) is 12.1 Å². The third-order valence-corrected chi connectivity index (χ3v) is 3.47. The van der Waals surface area contributed by atoms with E-state index in [4.69, 9.17) is 11.5 Å². The number of fused-ring (bicyclic) bond motifs is 1. The zero-order valence-corrected chi connectivity index (χ0v) is 15.0. The number of amides is 1. The van der Waals surface area contributed by atoms with E-state index in [1.54, 1.807) is 13.1 Å². The van der Waals surface area contributed by atoms with Gasteiger partial charge in [0.1, 0.15) is 5.52 Å². The number of pyridine rings is 1. The second-order valence-corrected chi connectivity index (χ2v) is 6.03. The topological polar surface area (TPSA) is 120 Å². The lowest BCUT2D eigenvalue weighted by Crippen LogP contribution is -2.25. The molecular formula is C17H28N6O. The first-order chi connectivity index (χ1) is 11.3. The molecule has 2 rings (SSSR count). The maximum atomic E-state index is 10.5. The molecule has 1 atom stereocenters. The van der Waals surface area contributed by atoms with Gasteiger partial charge in [0.15, 0.2) is 5.82 Å². The Kier molecular flexibility index (Phi) is 7.88. The fourth-order valence-electron chi connectivity index (χ4n) is 2.13. The maximum absolute atomic E-state index is 10.5. The van der Waals surface area contributed by atoms with Crippen molar-refractivity contribution in [2.45, 2.75) is 47.0 Å². The quantitative estimate of drug-likeness (QED) is 0.773. The number of nitrogens with two attached hydrogens (primary N) is 2. The van der Waals surface area contributed by atoms with E-state index in [9.17, 15) is 4.79 Å². The standard InChI is InChI=1S/C9H19NO.C8H9N5/c1-4-5-6-8(2)7-10-9(3)11;1-4-2-5-6(11-3-4)7(9)13-8(10)12-5/h8H,4-7H2,1-3H3,(H,10,11);2-3H,1H3,(H4,9,10,12,13). The van der Waals surface area contributed by atoms with Gasteiger partial charge in [0.05, 0.1) is 5.52 Å². The molecule has 0 aliphatic carbocycles. The summed E-state index contributed by atoms with van der Waals surface area (Å²) in [4.78, 5) is 22.5. The SMILES string of the molecule is CCCCC(C)CNC(C)=O.Cc1cnc2c(N)nc(N)nc2c1. The van der Waals surface area contributed by atoms with E-state index in [2.05, 4.69) is 34.1 Å². The highest BCUT2D eigenvalue weighted by molar-refractivity contribution is 5.84. The van der Waals surface area contributed by atoms with Gasteiger partial charge >= 0.3 is 0 Å². The van der Waals surface area contributed by atoms with E-state index < -0.39 is 0 Å². The molecule has 0 bridgehead atoms. The van der Waals surface area contributed by atoms with Crippen LogP contribution in [0.1, 0.15) is 45.6 Å². The molecule has 0 saturated carbocycles. The molecule has 7 heteroatoms. The van der Waals surface area contributed by atoms with Gasteiger partial charge in [0.25, 0.3) is 0 Å². The van der Waals surface area contributed by atoms with Crippen LogP contribution in [-0.2, 0) is 4.79 Å². The molecule has 1 unspecified atom stereocenters. The van der Waals surface area contributed by atoms with Crippen LogP contribution in [0.2, 0.25) is 0 Å². The van der Waals surface area contributed by atoms with Crippen LogP contribution in [0.3, 0.4) is 0 Å². The van der Waals surface area contributed by atoms with Crippen LogP contribution in [0.5, 0.6) is 0 Å². The normalized spacial score (nSPS) is 11.5. The fourth-order valence-corrected chi connectivity index (χ4v) is 2.13. The fraction of sp³-hybridized carbons (Fsp3) is 0.529. The van der Waals surface area contributed by atoms with Crippen LogP contribution < -0.4 is 16.8 Å². The smallest absolute Gasteiger partial charge is 0.222 e. The van der Waals surface area contributed by atoms with E-state index in [1.807, 2.05) is 13.0 Å². The van der Waals surface area contributed by atoms with Gasteiger partial charge in [-0.2, -0.15) is 4.98 Å². The minimum Gasteiger partial charge on any atom is -0.382 e. The van der Waals surface area contributed by atoms with Crippen molar-refractivity contribution < 1.29 is 4.79 Å². The van der Waals surface area contributed by atoms with Crippen LogP contribution in [-0.4, -0.2) is 27.4 Å². The number of nitrogens with one attached hydrogen (secondary N) is 1. The number of carbonyl (C=O) groups is 1. The zero-order valence-electron chi connectivity index (χ0n) is 15.0. The van der Waals surface area contributed by atoms with Gasteiger partial charge in [0, 0.05) is 19.7 Å². The summed E-state index contributed by atoms with van der Waals surface area (Å²) in [6, 6.07) is 1.87. The Balaban J connectivity index is 0.000000245. The van der Waals surface area contributed by atoms with Crippen LogP contribution in [0.15, 0.2) is 12.3 Å². The molecule has 0 radical (unpaired) electrons. The van der Waals surface area contributed by atoms with Crippen LogP contribution in [0.25, 0.3) is 11.0 Å². The molecule has 7 nitrogen and oxygen atoms in total. The Morgan fingerprint density at radius 3 is 2.67 bits per heavy atom. The highest BCUT2D eigenvalue weighted by Crippen LogP contribution is 2.16. The lowest BCUT2D eigenvalue weighted by molar-refractivity contribution is -0.119. The number of nitrogen functional groups attached to an aromatic ring is 2. The van der Waals surface area contributed by atoms with E-state index in [-0.39, 0.29) is 11.9 Å². The lowest BCUT2D eigenvalue weighted by atomic mass is 10.0. The van der Waals surface area contributed by atoms with E-state index in [0.29, 0.717) is 22.8 Å². The van der Waals surface area contributed by atoms with Crippen molar-refractivity contribution >= 4 is 28.7 Å². The molecule has 0 aromatic carbocycles. The second-order valence-electron chi connectivity index (χ2n) is 6.03. The van der Waals surface area contributed by atoms with Gasteiger partial charge in [0.2, 0.25) is 11.9 Å². The van der Waals surface area contributed by atoms with Crippen LogP contribution in [0.4, 0.5) is 11.8 Å². The van der Waals surface area contributed by atoms with Crippen molar-refractivity contribution in [2.24, 2.45) is 5.92 Å². The van der Waals surface area contributed by atoms with Crippen molar-refractivity contribution in [3.8, 4) is 0 Å². The monoisotopic (exact) mass is 332 g/mol. The van der Waals surface area contributed by atoms with Crippen molar-refractivity contribution in [1.29, 1.82) is 0 Å². The summed E-state index contributed by atoms with van der Waals surface area (Å²) < 4.78 is 0. The molecule has 0 aliphatic heterocycles. The number of hydrogen-bond acceptors (Lipinski definition) is 6. The first kappa shape index (κ1) is 19.6. The van der Waals surface area contributed by atoms with Gasteiger partial charge in [-0.05, 0) is 30.9 Å². The Hall–Kier alpha value is -2.44. The summed E-state index contributed by atoms with van der Waals surface area (Å²) >= 11 is 0. The molecule has 24 heavy (non-hydrogen) atoms. The molecule has 0 aliphatic rings. The summed E-state index contributed by atoms with van der Waals surface area (Å²) in [6.45, 7) is 8.68. The molecule has 132 valence electrons. The molecule has 2 aromatic rings. The number of anilines is 2. The summed E-state index contributed by atoms with van der Waals surface area (Å²) in [5.41, 5.74) is 13.4. The van der Waals surface area contributed by atoms with Crippen molar-refractivity contribution in [1.82, 2.24) is 20.3 Å². The van der Waals surface area contributed by atoms with Crippen molar-refractivity contribution in [2.75, 3.05) is 18.0 Å². The minimum atomic E-state index is 0.0772. The van der Waals surface area contributed by atoms with E-state index in [1.165, 1.54) is 19.3 Å².